The zero-order valence-electron chi connectivity index (χ0n) is 12.9. The first-order valence-corrected chi connectivity index (χ1v) is 7.44. The van der Waals surface area contributed by atoms with Crippen LogP contribution in [0.2, 0.25) is 0 Å². The first kappa shape index (κ1) is 16.4. The lowest BCUT2D eigenvalue weighted by Gasteiger charge is -2.35. The van der Waals surface area contributed by atoms with Gasteiger partial charge < -0.3 is 15.7 Å². The van der Waals surface area contributed by atoms with Crippen molar-refractivity contribution < 1.29 is 9.90 Å². The molecule has 0 radical (unpaired) electrons. The first-order chi connectivity index (χ1) is 8.70. The minimum atomic E-state index is -0.681. The Morgan fingerprint density at radius 1 is 1.32 bits per heavy atom. The van der Waals surface area contributed by atoms with Crippen LogP contribution in [-0.2, 0) is 4.79 Å². The molecule has 19 heavy (non-hydrogen) atoms. The highest BCUT2D eigenvalue weighted by atomic mass is 16.3. The molecule has 0 aliphatic heterocycles. The summed E-state index contributed by atoms with van der Waals surface area (Å²) in [5.74, 6) is 0.718. The van der Waals surface area contributed by atoms with Gasteiger partial charge in [0.1, 0.15) is 0 Å². The van der Waals surface area contributed by atoms with Gasteiger partial charge in [-0.3, -0.25) is 4.79 Å². The van der Waals surface area contributed by atoms with Crippen LogP contribution in [0, 0.1) is 5.92 Å². The molecule has 0 aromatic carbocycles. The second-order valence-electron chi connectivity index (χ2n) is 7.11. The van der Waals surface area contributed by atoms with Crippen molar-refractivity contribution in [2.45, 2.75) is 70.9 Å². The van der Waals surface area contributed by atoms with Crippen LogP contribution in [0.3, 0.4) is 0 Å². The molecule has 1 rings (SSSR count). The van der Waals surface area contributed by atoms with Crippen LogP contribution in [0.1, 0.15) is 59.8 Å². The Kier molecular flexibility index (Phi) is 5.81. The van der Waals surface area contributed by atoms with Gasteiger partial charge in [-0.25, -0.2) is 0 Å². The van der Waals surface area contributed by atoms with Crippen LogP contribution < -0.4 is 10.6 Å². The predicted molar refractivity (Wildman–Crippen MR) is 78.0 cm³/mol. The van der Waals surface area contributed by atoms with Gasteiger partial charge in [0.15, 0.2) is 0 Å². The van der Waals surface area contributed by atoms with Gasteiger partial charge in [-0.15, -0.1) is 0 Å². The van der Waals surface area contributed by atoms with Crippen LogP contribution >= 0.6 is 0 Å². The molecular weight excluding hydrogens is 240 g/mol. The number of hydrogen-bond acceptors (Lipinski definition) is 3. The van der Waals surface area contributed by atoms with E-state index in [2.05, 4.69) is 38.3 Å². The van der Waals surface area contributed by atoms with Crippen molar-refractivity contribution in [2.75, 3.05) is 13.1 Å². The molecule has 112 valence electrons. The van der Waals surface area contributed by atoms with Crippen molar-refractivity contribution in [3.05, 3.63) is 0 Å². The lowest BCUT2D eigenvalue weighted by molar-refractivity contribution is -0.122. The zero-order valence-corrected chi connectivity index (χ0v) is 12.9. The Morgan fingerprint density at radius 2 is 1.89 bits per heavy atom. The van der Waals surface area contributed by atoms with Crippen molar-refractivity contribution >= 4 is 5.91 Å². The number of amides is 1. The minimum Gasteiger partial charge on any atom is -0.388 e. The molecule has 0 aromatic rings. The monoisotopic (exact) mass is 270 g/mol. The third-order valence-electron chi connectivity index (χ3n) is 3.83. The summed E-state index contributed by atoms with van der Waals surface area (Å²) in [6, 6.07) is 0. The molecule has 0 atom stereocenters. The summed E-state index contributed by atoms with van der Waals surface area (Å²) in [6.07, 6.45) is 4.17. The van der Waals surface area contributed by atoms with E-state index in [-0.39, 0.29) is 11.4 Å². The van der Waals surface area contributed by atoms with Gasteiger partial charge in [0.05, 0.1) is 5.60 Å². The second kappa shape index (κ2) is 6.71. The molecule has 4 heteroatoms. The molecule has 1 saturated carbocycles. The number of aliphatic hydroxyl groups is 1. The smallest absolute Gasteiger partial charge is 0.221 e. The van der Waals surface area contributed by atoms with Crippen molar-refractivity contribution in [2.24, 2.45) is 5.92 Å². The molecule has 0 saturated heterocycles. The Balaban J connectivity index is 2.19. The van der Waals surface area contributed by atoms with E-state index in [9.17, 15) is 9.90 Å². The normalized spacial score (nSPS) is 28.2. The third kappa shape index (κ3) is 6.92. The predicted octanol–water partition coefficient (Wildman–Crippen LogP) is 1.82. The summed E-state index contributed by atoms with van der Waals surface area (Å²) in [5.41, 5.74) is -0.641. The van der Waals surface area contributed by atoms with E-state index in [1.54, 1.807) is 0 Å². The van der Waals surface area contributed by atoms with E-state index in [4.69, 9.17) is 0 Å². The van der Waals surface area contributed by atoms with Gasteiger partial charge in [0.25, 0.3) is 0 Å². The molecule has 1 aliphatic carbocycles. The highest BCUT2D eigenvalue weighted by Gasteiger charge is 2.31. The molecule has 1 amide bonds. The average Bonchev–Trinajstić information content (AvgIpc) is 2.29. The lowest BCUT2D eigenvalue weighted by atomic mass is 9.79. The van der Waals surface area contributed by atoms with E-state index < -0.39 is 5.60 Å². The standard InChI is InChI=1S/C15H30N2O2/c1-12-5-8-15(19,9-6-12)11-16-13(18)7-10-17-14(2,3)4/h12,17,19H,5-11H2,1-4H3,(H,16,18). The number of nitrogens with one attached hydrogen (secondary N) is 2. The van der Waals surface area contributed by atoms with Crippen molar-refractivity contribution in [3.63, 3.8) is 0 Å². The van der Waals surface area contributed by atoms with Crippen LogP contribution in [0.15, 0.2) is 0 Å². The number of hydrogen-bond donors (Lipinski definition) is 3. The van der Waals surface area contributed by atoms with Crippen LogP contribution in [-0.4, -0.2) is 35.2 Å². The maximum Gasteiger partial charge on any atom is 0.221 e. The molecule has 0 heterocycles. The maximum absolute atomic E-state index is 11.7. The largest absolute Gasteiger partial charge is 0.388 e. The fraction of sp³-hybridized carbons (Fsp3) is 0.933. The molecule has 1 fully saturated rings. The molecule has 4 nitrogen and oxygen atoms in total. The fourth-order valence-corrected chi connectivity index (χ4v) is 2.38. The summed E-state index contributed by atoms with van der Waals surface area (Å²) in [6.45, 7) is 9.53. The third-order valence-corrected chi connectivity index (χ3v) is 3.83. The van der Waals surface area contributed by atoms with Crippen LogP contribution in [0.25, 0.3) is 0 Å². The number of carbonyl (C=O) groups excluding carboxylic acids is 1. The number of carbonyl (C=O) groups is 1. The Labute approximate surface area is 117 Å². The van der Waals surface area contributed by atoms with Crippen LogP contribution in [0.5, 0.6) is 0 Å². The van der Waals surface area contributed by atoms with E-state index in [0.717, 1.165) is 25.7 Å². The van der Waals surface area contributed by atoms with Crippen molar-refractivity contribution in [1.29, 1.82) is 0 Å². The van der Waals surface area contributed by atoms with Gasteiger partial charge in [0.2, 0.25) is 5.91 Å². The quantitative estimate of drug-likeness (QED) is 0.714. The second-order valence-corrected chi connectivity index (χ2v) is 7.11. The molecule has 0 aromatic heterocycles. The molecule has 0 spiro atoms. The molecule has 3 N–H and O–H groups in total. The molecule has 1 aliphatic rings. The van der Waals surface area contributed by atoms with Gasteiger partial charge in [-0.05, 0) is 52.4 Å². The summed E-state index contributed by atoms with van der Waals surface area (Å²) in [5, 5.41) is 16.5. The summed E-state index contributed by atoms with van der Waals surface area (Å²) >= 11 is 0. The highest BCUT2D eigenvalue weighted by Crippen LogP contribution is 2.31. The molecule has 0 unspecified atom stereocenters. The summed E-state index contributed by atoms with van der Waals surface area (Å²) in [4.78, 5) is 11.7. The Morgan fingerprint density at radius 3 is 2.42 bits per heavy atom. The maximum atomic E-state index is 11.7. The summed E-state index contributed by atoms with van der Waals surface area (Å²) in [7, 11) is 0. The fourth-order valence-electron chi connectivity index (χ4n) is 2.38. The lowest BCUT2D eigenvalue weighted by Crippen LogP contribution is -2.46. The molecule has 0 bridgehead atoms. The number of rotatable bonds is 5. The van der Waals surface area contributed by atoms with E-state index in [1.807, 2.05) is 0 Å². The van der Waals surface area contributed by atoms with Crippen LogP contribution in [0.4, 0.5) is 0 Å². The topological polar surface area (TPSA) is 61.4 Å². The van der Waals surface area contributed by atoms with Gasteiger partial charge in [0, 0.05) is 25.0 Å². The Bertz CT molecular complexity index is 289. The first-order valence-electron chi connectivity index (χ1n) is 7.44. The van der Waals surface area contributed by atoms with E-state index in [0.29, 0.717) is 25.4 Å². The van der Waals surface area contributed by atoms with Gasteiger partial charge in [-0.2, -0.15) is 0 Å². The average molecular weight is 270 g/mol. The van der Waals surface area contributed by atoms with E-state index in [1.165, 1.54) is 0 Å². The zero-order chi connectivity index (χ0) is 14.5. The van der Waals surface area contributed by atoms with E-state index >= 15 is 0 Å². The molecular formula is C15H30N2O2. The Hall–Kier alpha value is -0.610. The minimum absolute atomic E-state index is 0.0174. The van der Waals surface area contributed by atoms with Gasteiger partial charge >= 0.3 is 0 Å². The van der Waals surface area contributed by atoms with Crippen molar-refractivity contribution in [1.82, 2.24) is 10.6 Å². The van der Waals surface area contributed by atoms with Crippen molar-refractivity contribution in [3.8, 4) is 0 Å². The SMILES string of the molecule is CC1CCC(O)(CNC(=O)CCNC(C)(C)C)CC1. The summed E-state index contributed by atoms with van der Waals surface area (Å²) < 4.78 is 0. The highest BCUT2D eigenvalue weighted by molar-refractivity contribution is 5.76. The van der Waals surface area contributed by atoms with Gasteiger partial charge in [-0.1, -0.05) is 6.92 Å².